The Morgan fingerprint density at radius 1 is 1.61 bits per heavy atom. The number of aromatic amines is 1. The van der Waals surface area contributed by atoms with Crippen LogP contribution in [0.5, 0.6) is 0 Å². The quantitative estimate of drug-likeness (QED) is 0.850. The smallest absolute Gasteiger partial charge is 0.354 e. The van der Waals surface area contributed by atoms with Gasteiger partial charge in [-0.3, -0.25) is 4.57 Å². The van der Waals surface area contributed by atoms with Gasteiger partial charge >= 0.3 is 11.7 Å². The van der Waals surface area contributed by atoms with Gasteiger partial charge in [0.2, 0.25) is 0 Å². The van der Waals surface area contributed by atoms with Gasteiger partial charge in [0.15, 0.2) is 5.16 Å². The summed E-state index contributed by atoms with van der Waals surface area (Å²) < 4.78 is 1.46. The van der Waals surface area contributed by atoms with Crippen LogP contribution in [-0.2, 0) is 6.54 Å². The molecule has 0 aliphatic carbocycles. The molecule has 0 bridgehead atoms. The third kappa shape index (κ3) is 2.43. The lowest BCUT2D eigenvalue weighted by atomic mass is 10.4. The molecule has 94 valence electrons. The van der Waals surface area contributed by atoms with Crippen molar-refractivity contribution in [3.8, 4) is 0 Å². The molecule has 0 spiro atoms. The van der Waals surface area contributed by atoms with E-state index >= 15 is 0 Å². The first kappa shape index (κ1) is 12.4. The fourth-order valence-electron chi connectivity index (χ4n) is 1.36. The molecule has 2 aromatic rings. The number of carbonyl (C=O) groups is 1. The summed E-state index contributed by atoms with van der Waals surface area (Å²) >= 11 is 1.21. The lowest BCUT2D eigenvalue weighted by Crippen LogP contribution is -2.16. The van der Waals surface area contributed by atoms with Crippen molar-refractivity contribution in [2.75, 3.05) is 0 Å². The van der Waals surface area contributed by atoms with Gasteiger partial charge < -0.3 is 5.11 Å². The molecule has 2 N–H and O–H groups in total. The van der Waals surface area contributed by atoms with E-state index in [1.54, 1.807) is 6.07 Å². The van der Waals surface area contributed by atoms with Gasteiger partial charge in [-0.2, -0.15) is 0 Å². The number of carboxylic acids is 1. The number of carboxylic acid groups (broad SMARTS) is 1. The first-order valence-electron chi connectivity index (χ1n) is 5.14. The fourth-order valence-corrected chi connectivity index (χ4v) is 2.28. The van der Waals surface area contributed by atoms with Crippen molar-refractivity contribution >= 4 is 17.7 Å². The average molecular weight is 266 g/mol. The molecule has 8 heteroatoms. The average Bonchev–Trinajstić information content (AvgIpc) is 2.70. The molecule has 0 unspecified atom stereocenters. The van der Waals surface area contributed by atoms with E-state index in [-0.39, 0.29) is 11.4 Å². The molecular weight excluding hydrogens is 256 g/mol. The molecule has 2 aromatic heterocycles. The van der Waals surface area contributed by atoms with Gasteiger partial charge in [-0.25, -0.2) is 19.7 Å². The van der Waals surface area contributed by atoms with Gasteiger partial charge in [-0.05, 0) is 30.8 Å². The molecule has 0 aliphatic rings. The minimum Gasteiger partial charge on any atom is -0.477 e. The molecule has 0 saturated heterocycles. The van der Waals surface area contributed by atoms with Crippen LogP contribution in [0.1, 0.15) is 17.4 Å². The highest BCUT2D eigenvalue weighted by atomic mass is 32.2. The van der Waals surface area contributed by atoms with Crippen molar-refractivity contribution in [1.82, 2.24) is 19.7 Å². The monoisotopic (exact) mass is 266 g/mol. The lowest BCUT2D eigenvalue weighted by molar-refractivity contribution is 0.0690. The Hall–Kier alpha value is -2.09. The van der Waals surface area contributed by atoms with Crippen LogP contribution < -0.4 is 5.69 Å². The summed E-state index contributed by atoms with van der Waals surface area (Å²) in [6, 6.07) is 3.10. The van der Waals surface area contributed by atoms with E-state index in [1.807, 2.05) is 6.92 Å². The van der Waals surface area contributed by atoms with Gasteiger partial charge in [0.1, 0.15) is 5.69 Å². The zero-order valence-corrected chi connectivity index (χ0v) is 10.3. The zero-order valence-electron chi connectivity index (χ0n) is 9.45. The lowest BCUT2D eigenvalue weighted by Gasteiger charge is -2.02. The van der Waals surface area contributed by atoms with Crippen LogP contribution in [-0.4, -0.2) is 30.8 Å². The third-order valence-corrected chi connectivity index (χ3v) is 3.18. The molecule has 0 aromatic carbocycles. The van der Waals surface area contributed by atoms with E-state index in [0.29, 0.717) is 16.6 Å². The highest BCUT2D eigenvalue weighted by Crippen LogP contribution is 2.24. The predicted octanol–water partition coefficient (Wildman–Crippen LogP) is 0.836. The fraction of sp³-hybridized carbons (Fsp3) is 0.200. The van der Waals surface area contributed by atoms with Crippen molar-refractivity contribution in [2.24, 2.45) is 0 Å². The highest BCUT2D eigenvalue weighted by molar-refractivity contribution is 7.99. The minimum atomic E-state index is -1.09. The van der Waals surface area contributed by atoms with E-state index in [2.05, 4.69) is 15.2 Å². The summed E-state index contributed by atoms with van der Waals surface area (Å²) in [5, 5.41) is 15.5. The third-order valence-electron chi connectivity index (χ3n) is 2.20. The number of aromatic nitrogens is 4. The van der Waals surface area contributed by atoms with E-state index < -0.39 is 5.97 Å². The first-order valence-corrected chi connectivity index (χ1v) is 5.96. The molecule has 2 rings (SSSR count). The van der Waals surface area contributed by atoms with E-state index in [9.17, 15) is 9.59 Å². The van der Waals surface area contributed by atoms with Crippen LogP contribution in [0.15, 0.2) is 33.2 Å². The summed E-state index contributed by atoms with van der Waals surface area (Å²) in [6.07, 6.45) is 1.41. The highest BCUT2D eigenvalue weighted by Gasteiger charge is 2.10. The topological polar surface area (TPSA) is 101 Å². The maximum absolute atomic E-state index is 11.4. The number of pyridine rings is 1. The molecule has 0 saturated carbocycles. The predicted molar refractivity (Wildman–Crippen MR) is 63.8 cm³/mol. The Kier molecular flexibility index (Phi) is 3.47. The SMILES string of the molecule is CCn1c(Sc2ccnc(C(=O)O)c2)n[nH]c1=O. The van der Waals surface area contributed by atoms with E-state index in [0.717, 1.165) is 0 Å². The summed E-state index contributed by atoms with van der Waals surface area (Å²) in [5.41, 5.74) is -0.326. The summed E-state index contributed by atoms with van der Waals surface area (Å²) in [6.45, 7) is 2.32. The summed E-state index contributed by atoms with van der Waals surface area (Å²) in [5.74, 6) is -1.09. The maximum atomic E-state index is 11.4. The molecule has 18 heavy (non-hydrogen) atoms. The number of hydrogen-bond acceptors (Lipinski definition) is 5. The van der Waals surface area contributed by atoms with Gasteiger partial charge in [-0.15, -0.1) is 5.10 Å². The van der Waals surface area contributed by atoms with Crippen LogP contribution in [0.4, 0.5) is 0 Å². The van der Waals surface area contributed by atoms with Gasteiger partial charge in [0.25, 0.3) is 0 Å². The van der Waals surface area contributed by atoms with E-state index in [1.165, 1.54) is 28.6 Å². The van der Waals surface area contributed by atoms with Gasteiger partial charge in [0, 0.05) is 17.6 Å². The second-order valence-corrected chi connectivity index (χ2v) is 4.38. The number of aromatic carboxylic acids is 1. The number of nitrogens with zero attached hydrogens (tertiary/aromatic N) is 3. The van der Waals surface area contributed by atoms with Gasteiger partial charge in [-0.1, -0.05) is 0 Å². The molecular formula is C10H10N4O3S. The maximum Gasteiger partial charge on any atom is 0.354 e. The van der Waals surface area contributed by atoms with Crippen molar-refractivity contribution < 1.29 is 9.90 Å². The molecule has 7 nitrogen and oxygen atoms in total. The molecule has 2 heterocycles. The Morgan fingerprint density at radius 2 is 2.39 bits per heavy atom. The Bertz CT molecular complexity index is 634. The van der Waals surface area contributed by atoms with Crippen molar-refractivity contribution in [2.45, 2.75) is 23.5 Å². The second-order valence-electron chi connectivity index (χ2n) is 3.34. The minimum absolute atomic E-state index is 0.0408. The molecule has 0 aliphatic heterocycles. The Labute approximate surface area is 106 Å². The zero-order chi connectivity index (χ0) is 13.1. The molecule has 0 radical (unpaired) electrons. The molecule has 0 fully saturated rings. The molecule has 0 amide bonds. The van der Waals surface area contributed by atoms with Crippen LogP contribution >= 0.6 is 11.8 Å². The number of H-pyrrole nitrogens is 1. The first-order chi connectivity index (χ1) is 8.61. The Balaban J connectivity index is 2.31. The van der Waals surface area contributed by atoms with Crippen LogP contribution in [0, 0.1) is 0 Å². The van der Waals surface area contributed by atoms with Gasteiger partial charge in [0.05, 0.1) is 0 Å². The van der Waals surface area contributed by atoms with Crippen LogP contribution in [0.25, 0.3) is 0 Å². The normalized spacial score (nSPS) is 10.5. The standard InChI is InChI=1S/C10H10N4O3S/c1-2-14-9(17)12-13-10(14)18-6-3-4-11-7(5-6)8(15)16/h3-5H,2H2,1H3,(H,12,17)(H,15,16). The van der Waals surface area contributed by atoms with Crippen molar-refractivity contribution in [3.63, 3.8) is 0 Å². The number of nitrogens with one attached hydrogen (secondary N) is 1. The molecule has 0 atom stereocenters. The van der Waals surface area contributed by atoms with Crippen LogP contribution in [0.3, 0.4) is 0 Å². The van der Waals surface area contributed by atoms with Crippen molar-refractivity contribution in [1.29, 1.82) is 0 Å². The second kappa shape index (κ2) is 5.05. The summed E-state index contributed by atoms with van der Waals surface area (Å²) in [4.78, 5) is 26.5. The number of hydrogen-bond donors (Lipinski definition) is 2. The summed E-state index contributed by atoms with van der Waals surface area (Å²) in [7, 11) is 0. The largest absolute Gasteiger partial charge is 0.477 e. The Morgan fingerprint density at radius 3 is 3.06 bits per heavy atom. The number of rotatable bonds is 4. The van der Waals surface area contributed by atoms with Crippen LogP contribution in [0.2, 0.25) is 0 Å². The van der Waals surface area contributed by atoms with Crippen molar-refractivity contribution in [3.05, 3.63) is 34.5 Å². The van der Waals surface area contributed by atoms with E-state index in [4.69, 9.17) is 5.11 Å².